The van der Waals surface area contributed by atoms with Gasteiger partial charge < -0.3 is 10.1 Å². The van der Waals surface area contributed by atoms with Crippen molar-refractivity contribution in [3.63, 3.8) is 0 Å². The zero-order valence-corrected chi connectivity index (χ0v) is 12.7. The Labute approximate surface area is 124 Å². The number of aryl methyl sites for hydroxylation is 1. The van der Waals surface area contributed by atoms with Gasteiger partial charge in [-0.05, 0) is 49.4 Å². The maximum absolute atomic E-state index is 5.37. The van der Waals surface area contributed by atoms with Crippen LogP contribution in [0.4, 0.5) is 0 Å². The van der Waals surface area contributed by atoms with Crippen LogP contribution in [0.3, 0.4) is 0 Å². The van der Waals surface area contributed by atoms with E-state index in [-0.39, 0.29) is 6.04 Å². The molecule has 0 radical (unpaired) electrons. The quantitative estimate of drug-likeness (QED) is 0.927. The molecular weight excluding hydrogens is 268 g/mol. The molecule has 1 heterocycles. The molecule has 1 aliphatic carbocycles. The number of hydrogen-bond acceptors (Lipinski definition) is 4. The summed E-state index contributed by atoms with van der Waals surface area (Å²) in [5.41, 5.74) is 2.83. The zero-order valence-electron chi connectivity index (χ0n) is 11.9. The molecule has 3 rings (SSSR count). The second-order valence-electron chi connectivity index (χ2n) is 5.27. The van der Waals surface area contributed by atoms with Gasteiger partial charge in [0.25, 0.3) is 0 Å². The Morgan fingerprint density at radius 3 is 3.10 bits per heavy atom. The minimum atomic E-state index is 0.289. The number of aromatic nitrogens is 1. The van der Waals surface area contributed by atoms with Gasteiger partial charge in [-0.15, -0.1) is 11.3 Å². The molecule has 2 atom stereocenters. The Morgan fingerprint density at radius 1 is 1.45 bits per heavy atom. The number of rotatable bonds is 4. The molecule has 2 unspecified atom stereocenters. The summed E-state index contributed by atoms with van der Waals surface area (Å²) in [4.78, 5) is 4.40. The van der Waals surface area contributed by atoms with E-state index in [1.807, 2.05) is 11.6 Å². The summed E-state index contributed by atoms with van der Waals surface area (Å²) in [6, 6.07) is 7.13. The summed E-state index contributed by atoms with van der Waals surface area (Å²) in [6.45, 7) is 2.19. The average molecular weight is 288 g/mol. The summed E-state index contributed by atoms with van der Waals surface area (Å²) in [5, 5.41) is 6.91. The van der Waals surface area contributed by atoms with Crippen LogP contribution >= 0.6 is 11.3 Å². The van der Waals surface area contributed by atoms with E-state index in [4.69, 9.17) is 4.74 Å². The highest BCUT2D eigenvalue weighted by Crippen LogP contribution is 2.34. The third-order valence-electron chi connectivity index (χ3n) is 3.94. The Balaban J connectivity index is 1.82. The standard InChI is InChI=1S/C16H20N2OS/c1-11(16-17-8-9-20-16)18-15-5-3-4-12-6-7-13(19-2)10-14(12)15/h6-11,15,18H,3-5H2,1-2H3. The van der Waals surface area contributed by atoms with Gasteiger partial charge in [-0.25, -0.2) is 4.98 Å². The van der Waals surface area contributed by atoms with E-state index in [2.05, 4.69) is 35.4 Å². The van der Waals surface area contributed by atoms with Gasteiger partial charge in [0, 0.05) is 17.6 Å². The molecule has 1 aliphatic rings. The molecule has 0 amide bonds. The van der Waals surface area contributed by atoms with Gasteiger partial charge in [0.15, 0.2) is 0 Å². The van der Waals surface area contributed by atoms with Gasteiger partial charge in [-0.2, -0.15) is 0 Å². The summed E-state index contributed by atoms with van der Waals surface area (Å²) in [6.07, 6.45) is 5.45. The van der Waals surface area contributed by atoms with Gasteiger partial charge in [-0.1, -0.05) is 6.07 Å². The lowest BCUT2D eigenvalue weighted by atomic mass is 9.87. The highest BCUT2D eigenvalue weighted by molar-refractivity contribution is 7.09. The van der Waals surface area contributed by atoms with Crippen LogP contribution in [-0.4, -0.2) is 12.1 Å². The van der Waals surface area contributed by atoms with E-state index in [0.717, 1.165) is 10.8 Å². The van der Waals surface area contributed by atoms with Crippen LogP contribution in [0, 0.1) is 0 Å². The van der Waals surface area contributed by atoms with E-state index in [1.54, 1.807) is 18.4 Å². The Hall–Kier alpha value is -1.39. The molecule has 1 aromatic heterocycles. The molecule has 1 N–H and O–H groups in total. The average Bonchev–Trinajstić information content (AvgIpc) is 3.01. The molecule has 0 saturated carbocycles. The highest BCUT2D eigenvalue weighted by atomic mass is 32.1. The van der Waals surface area contributed by atoms with Crippen molar-refractivity contribution >= 4 is 11.3 Å². The summed E-state index contributed by atoms with van der Waals surface area (Å²) < 4.78 is 5.37. The fraction of sp³-hybridized carbons (Fsp3) is 0.438. The second-order valence-corrected chi connectivity index (χ2v) is 6.19. The molecule has 0 fully saturated rings. The molecule has 0 saturated heterocycles. The molecule has 0 spiro atoms. The van der Waals surface area contributed by atoms with Crippen LogP contribution in [0.2, 0.25) is 0 Å². The Kier molecular flexibility index (Phi) is 4.03. The van der Waals surface area contributed by atoms with E-state index < -0.39 is 0 Å². The monoisotopic (exact) mass is 288 g/mol. The molecule has 3 nitrogen and oxygen atoms in total. The number of nitrogens with zero attached hydrogens (tertiary/aromatic N) is 1. The van der Waals surface area contributed by atoms with Crippen LogP contribution in [-0.2, 0) is 6.42 Å². The molecule has 2 aromatic rings. The second kappa shape index (κ2) is 5.94. The van der Waals surface area contributed by atoms with Gasteiger partial charge >= 0.3 is 0 Å². The van der Waals surface area contributed by atoms with Crippen LogP contribution < -0.4 is 10.1 Å². The maximum atomic E-state index is 5.37. The summed E-state index contributed by atoms with van der Waals surface area (Å²) in [5.74, 6) is 0.944. The third kappa shape index (κ3) is 2.72. The number of nitrogens with one attached hydrogen (secondary N) is 1. The van der Waals surface area contributed by atoms with Crippen LogP contribution in [0.5, 0.6) is 5.75 Å². The Bertz CT molecular complexity index is 568. The molecular formula is C16H20N2OS. The van der Waals surface area contributed by atoms with Gasteiger partial charge in [-0.3, -0.25) is 0 Å². The predicted molar refractivity (Wildman–Crippen MR) is 82.3 cm³/mol. The fourth-order valence-electron chi connectivity index (χ4n) is 2.90. The number of ether oxygens (including phenoxy) is 1. The minimum Gasteiger partial charge on any atom is -0.497 e. The lowest BCUT2D eigenvalue weighted by Crippen LogP contribution is -2.27. The number of thiazole rings is 1. The number of methoxy groups -OCH3 is 1. The molecule has 0 bridgehead atoms. The van der Waals surface area contributed by atoms with Crippen LogP contribution in [0.1, 0.15) is 48.0 Å². The zero-order chi connectivity index (χ0) is 13.9. The number of hydrogen-bond donors (Lipinski definition) is 1. The summed E-state index contributed by atoms with van der Waals surface area (Å²) >= 11 is 1.71. The topological polar surface area (TPSA) is 34.1 Å². The van der Waals surface area contributed by atoms with E-state index in [1.165, 1.54) is 30.4 Å². The van der Waals surface area contributed by atoms with Crippen molar-refractivity contribution in [1.29, 1.82) is 0 Å². The highest BCUT2D eigenvalue weighted by Gasteiger charge is 2.23. The number of benzene rings is 1. The fourth-order valence-corrected chi connectivity index (χ4v) is 3.55. The van der Waals surface area contributed by atoms with Crippen LogP contribution in [0.25, 0.3) is 0 Å². The van der Waals surface area contributed by atoms with Gasteiger partial charge in [0.05, 0.1) is 13.2 Å². The van der Waals surface area contributed by atoms with Gasteiger partial charge in [0.1, 0.15) is 10.8 Å². The first-order chi connectivity index (χ1) is 9.78. The smallest absolute Gasteiger partial charge is 0.119 e. The van der Waals surface area contributed by atoms with Crippen molar-refractivity contribution in [1.82, 2.24) is 10.3 Å². The minimum absolute atomic E-state index is 0.289. The molecule has 20 heavy (non-hydrogen) atoms. The normalized spacial score (nSPS) is 19.4. The first kappa shape index (κ1) is 13.6. The molecule has 106 valence electrons. The SMILES string of the molecule is COc1ccc2c(c1)C(NC(C)c1nccs1)CCC2. The largest absolute Gasteiger partial charge is 0.497 e. The summed E-state index contributed by atoms with van der Waals surface area (Å²) in [7, 11) is 1.73. The van der Waals surface area contributed by atoms with E-state index in [0.29, 0.717) is 6.04 Å². The van der Waals surface area contributed by atoms with Crippen molar-refractivity contribution in [3.8, 4) is 5.75 Å². The van der Waals surface area contributed by atoms with Crippen molar-refractivity contribution in [3.05, 3.63) is 45.9 Å². The van der Waals surface area contributed by atoms with Crippen LogP contribution in [0.15, 0.2) is 29.8 Å². The predicted octanol–water partition coefficient (Wildman–Crippen LogP) is 3.88. The lowest BCUT2D eigenvalue weighted by molar-refractivity contribution is 0.398. The lowest BCUT2D eigenvalue weighted by Gasteiger charge is -2.29. The van der Waals surface area contributed by atoms with Crippen molar-refractivity contribution in [2.75, 3.05) is 7.11 Å². The molecule has 0 aliphatic heterocycles. The van der Waals surface area contributed by atoms with Gasteiger partial charge in [0.2, 0.25) is 0 Å². The molecule has 4 heteroatoms. The van der Waals surface area contributed by atoms with Crippen molar-refractivity contribution in [2.45, 2.75) is 38.3 Å². The van der Waals surface area contributed by atoms with Crippen molar-refractivity contribution < 1.29 is 4.74 Å². The maximum Gasteiger partial charge on any atom is 0.119 e. The van der Waals surface area contributed by atoms with Crippen molar-refractivity contribution in [2.24, 2.45) is 0 Å². The van der Waals surface area contributed by atoms with E-state index >= 15 is 0 Å². The third-order valence-corrected chi connectivity index (χ3v) is 4.90. The van der Waals surface area contributed by atoms with E-state index in [9.17, 15) is 0 Å². The first-order valence-electron chi connectivity index (χ1n) is 7.10. The molecule has 1 aromatic carbocycles. The Morgan fingerprint density at radius 2 is 2.35 bits per heavy atom. The number of fused-ring (bicyclic) bond motifs is 1. The first-order valence-corrected chi connectivity index (χ1v) is 7.98.